The summed E-state index contributed by atoms with van der Waals surface area (Å²) < 4.78 is 6.05. The Hall–Kier alpha value is -3.83. The summed E-state index contributed by atoms with van der Waals surface area (Å²) in [5.41, 5.74) is 4.29. The first kappa shape index (κ1) is 32.1. The number of rotatable bonds is 6. The molecule has 0 radical (unpaired) electrons. The number of para-hydroxylation sites is 1. The fraction of sp³-hybridized carbons (Fsp3) is 0.571. The molecule has 6 rings (SSSR count). The first-order valence-electron chi connectivity index (χ1n) is 16.9. The highest BCUT2D eigenvalue weighted by molar-refractivity contribution is 5.91. The van der Waals surface area contributed by atoms with Crippen LogP contribution in [0.25, 0.3) is 0 Å². The Bertz CT molecular complexity index is 1390. The van der Waals surface area contributed by atoms with Gasteiger partial charge in [-0.15, -0.1) is 0 Å². The highest BCUT2D eigenvalue weighted by Gasteiger charge is 2.36. The number of carbonyl (C=O) groups is 3. The minimum atomic E-state index is -0.959. The fourth-order valence-corrected chi connectivity index (χ4v) is 7.55. The van der Waals surface area contributed by atoms with Crippen LogP contribution in [-0.2, 0) is 22.4 Å². The van der Waals surface area contributed by atoms with E-state index in [9.17, 15) is 19.5 Å². The van der Waals surface area contributed by atoms with E-state index < -0.39 is 12.2 Å². The van der Waals surface area contributed by atoms with Crippen molar-refractivity contribution in [3.8, 4) is 5.75 Å². The number of carbonyl (C=O) groups excluding carboxylic acids is 3. The highest BCUT2D eigenvalue weighted by atomic mass is 16.6. The van der Waals surface area contributed by atoms with Crippen molar-refractivity contribution < 1.29 is 24.2 Å². The molecule has 248 valence electrons. The largest absolute Gasteiger partial charge is 0.507 e. The molecule has 4 heterocycles. The van der Waals surface area contributed by atoms with Gasteiger partial charge < -0.3 is 35.2 Å². The fourth-order valence-electron chi connectivity index (χ4n) is 7.55. The second-order valence-electron chi connectivity index (χ2n) is 13.2. The molecule has 3 N–H and O–H groups in total. The van der Waals surface area contributed by atoms with Crippen LogP contribution in [0.5, 0.6) is 5.75 Å². The van der Waals surface area contributed by atoms with Gasteiger partial charge in [0.15, 0.2) is 6.10 Å². The van der Waals surface area contributed by atoms with Gasteiger partial charge in [0, 0.05) is 83.1 Å². The Kier molecular flexibility index (Phi) is 9.98. The average molecular weight is 633 g/mol. The third kappa shape index (κ3) is 7.25. The molecule has 0 aromatic heterocycles. The van der Waals surface area contributed by atoms with Crippen molar-refractivity contribution in [2.24, 2.45) is 0 Å². The summed E-state index contributed by atoms with van der Waals surface area (Å²) in [4.78, 5) is 48.6. The number of anilines is 1. The van der Waals surface area contributed by atoms with Crippen molar-refractivity contribution in [2.75, 3.05) is 64.2 Å². The van der Waals surface area contributed by atoms with Crippen molar-refractivity contribution in [1.82, 2.24) is 24.9 Å². The number of aromatic hydroxyl groups is 1. The summed E-state index contributed by atoms with van der Waals surface area (Å²) in [5.74, 6) is 0.0784. The first-order chi connectivity index (χ1) is 22.3. The lowest BCUT2D eigenvalue weighted by atomic mass is 9.98. The van der Waals surface area contributed by atoms with E-state index in [1.807, 2.05) is 60.0 Å². The number of fused-ring (bicyclic) bond motifs is 1. The Morgan fingerprint density at radius 2 is 1.52 bits per heavy atom. The molecule has 2 aromatic carbocycles. The van der Waals surface area contributed by atoms with E-state index in [4.69, 9.17) is 4.74 Å². The molecule has 4 amide bonds. The number of nitrogens with one attached hydrogen (secondary N) is 2. The third-order valence-corrected chi connectivity index (χ3v) is 10.2. The van der Waals surface area contributed by atoms with Gasteiger partial charge in [0.25, 0.3) is 5.91 Å². The molecule has 4 aliphatic heterocycles. The molecule has 0 bridgehead atoms. The quantitative estimate of drug-likeness (QED) is 0.446. The standard InChI is InChI=1S/C35H48N6O5/c1-24-21-26(22-25(2)32(24)42)23-31(33(43)39-14-8-28(9-15-39)38-19-12-36-13-20-38)46-35(45)40-16-10-29(11-17-40)41-18-7-27-5-3-4-6-30(27)37-34(41)44/h3-6,21-22,28-29,31,36,42H,7-20,23H2,1-2H3,(H,37,44)/t31-/m1/s1. The molecule has 4 aliphatic rings. The number of hydrogen-bond acceptors (Lipinski definition) is 7. The van der Waals surface area contributed by atoms with Crippen molar-refractivity contribution in [2.45, 2.75) is 70.6 Å². The van der Waals surface area contributed by atoms with Crippen molar-refractivity contribution in [3.63, 3.8) is 0 Å². The van der Waals surface area contributed by atoms with E-state index in [2.05, 4.69) is 15.5 Å². The third-order valence-electron chi connectivity index (χ3n) is 10.2. The molecular formula is C35H48N6O5. The number of hydrogen-bond donors (Lipinski definition) is 3. The van der Waals surface area contributed by atoms with E-state index >= 15 is 0 Å². The van der Waals surface area contributed by atoms with Crippen LogP contribution >= 0.6 is 0 Å². The second kappa shape index (κ2) is 14.3. The molecule has 0 saturated carbocycles. The van der Waals surface area contributed by atoms with E-state index in [1.54, 1.807) is 4.90 Å². The lowest BCUT2D eigenvalue weighted by Gasteiger charge is -2.41. The molecule has 1 atom stereocenters. The zero-order chi connectivity index (χ0) is 32.2. The summed E-state index contributed by atoms with van der Waals surface area (Å²) in [6.45, 7) is 10.6. The number of urea groups is 1. The van der Waals surface area contributed by atoms with E-state index in [1.165, 1.54) is 0 Å². The Morgan fingerprint density at radius 3 is 2.22 bits per heavy atom. The minimum absolute atomic E-state index is 0.0238. The maximum Gasteiger partial charge on any atom is 0.410 e. The number of ether oxygens (including phenoxy) is 1. The van der Waals surface area contributed by atoms with Gasteiger partial charge in [-0.3, -0.25) is 9.69 Å². The van der Waals surface area contributed by atoms with Gasteiger partial charge in [0.1, 0.15) is 5.75 Å². The maximum atomic E-state index is 14.0. The molecule has 2 aromatic rings. The lowest BCUT2D eigenvalue weighted by molar-refractivity contribution is -0.142. The maximum absolute atomic E-state index is 14.0. The molecule has 3 saturated heterocycles. The van der Waals surface area contributed by atoms with Crippen LogP contribution in [0.15, 0.2) is 36.4 Å². The predicted molar refractivity (Wildman–Crippen MR) is 176 cm³/mol. The van der Waals surface area contributed by atoms with Crippen LogP contribution < -0.4 is 10.6 Å². The van der Waals surface area contributed by atoms with Gasteiger partial charge in [-0.1, -0.05) is 30.3 Å². The van der Waals surface area contributed by atoms with Gasteiger partial charge >= 0.3 is 12.1 Å². The predicted octanol–water partition coefficient (Wildman–Crippen LogP) is 3.51. The molecule has 11 heteroatoms. The molecule has 0 spiro atoms. The number of piperazine rings is 1. The summed E-state index contributed by atoms with van der Waals surface area (Å²) in [6, 6.07) is 12.0. The normalized spacial score (nSPS) is 20.9. The van der Waals surface area contributed by atoms with E-state index in [0.29, 0.717) is 51.6 Å². The van der Waals surface area contributed by atoms with E-state index in [-0.39, 0.29) is 30.2 Å². The van der Waals surface area contributed by atoms with Crippen LogP contribution in [0.1, 0.15) is 47.9 Å². The topological polar surface area (TPSA) is 118 Å². The van der Waals surface area contributed by atoms with Gasteiger partial charge in [0.2, 0.25) is 0 Å². The molecule has 46 heavy (non-hydrogen) atoms. The van der Waals surface area contributed by atoms with E-state index in [0.717, 1.165) is 73.4 Å². The first-order valence-corrected chi connectivity index (χ1v) is 16.9. The van der Waals surface area contributed by atoms with Crippen molar-refractivity contribution >= 4 is 23.7 Å². The smallest absolute Gasteiger partial charge is 0.410 e. The zero-order valence-corrected chi connectivity index (χ0v) is 27.2. The van der Waals surface area contributed by atoms with Gasteiger partial charge in [-0.2, -0.15) is 0 Å². The summed E-state index contributed by atoms with van der Waals surface area (Å²) >= 11 is 0. The summed E-state index contributed by atoms with van der Waals surface area (Å²) in [7, 11) is 0. The van der Waals surface area contributed by atoms with Crippen LogP contribution in [-0.4, -0.2) is 120 Å². The monoisotopic (exact) mass is 632 g/mol. The number of benzene rings is 2. The van der Waals surface area contributed by atoms with Crippen LogP contribution in [0.2, 0.25) is 0 Å². The van der Waals surface area contributed by atoms with Crippen molar-refractivity contribution in [3.05, 3.63) is 58.7 Å². The molecular weight excluding hydrogens is 584 g/mol. The van der Waals surface area contributed by atoms with Crippen LogP contribution in [0.3, 0.4) is 0 Å². The number of piperidine rings is 2. The summed E-state index contributed by atoms with van der Waals surface area (Å²) in [5, 5.41) is 16.8. The number of phenols is 1. The molecule has 3 fully saturated rings. The minimum Gasteiger partial charge on any atom is -0.507 e. The van der Waals surface area contributed by atoms with Crippen LogP contribution in [0, 0.1) is 13.8 Å². The van der Waals surface area contributed by atoms with Crippen molar-refractivity contribution in [1.29, 1.82) is 0 Å². The summed E-state index contributed by atoms with van der Waals surface area (Å²) in [6.07, 6.45) is 2.69. The van der Waals surface area contributed by atoms with Gasteiger partial charge in [-0.25, -0.2) is 9.59 Å². The number of likely N-dealkylation sites (tertiary alicyclic amines) is 2. The van der Waals surface area contributed by atoms with Gasteiger partial charge in [-0.05, 0) is 74.3 Å². The number of amides is 4. The Labute approximate surface area is 271 Å². The molecule has 11 nitrogen and oxygen atoms in total. The Balaban J connectivity index is 1.09. The number of aryl methyl sites for hydroxylation is 2. The average Bonchev–Trinajstić information content (AvgIpc) is 3.25. The SMILES string of the molecule is Cc1cc(C[C@@H](OC(=O)N2CCC(N3CCc4ccccc4NC3=O)CC2)C(=O)N2CCC(N3CCNCC3)CC2)cc(C)c1O. The Morgan fingerprint density at radius 1 is 0.891 bits per heavy atom. The lowest BCUT2D eigenvalue weighted by Crippen LogP contribution is -2.54. The zero-order valence-electron chi connectivity index (χ0n) is 27.2. The molecule has 0 unspecified atom stereocenters. The highest BCUT2D eigenvalue weighted by Crippen LogP contribution is 2.27. The van der Waals surface area contributed by atoms with Crippen LogP contribution in [0.4, 0.5) is 15.3 Å². The number of phenolic OH excluding ortho intramolecular Hbond substituents is 1. The number of nitrogens with zero attached hydrogens (tertiary/aromatic N) is 4. The van der Waals surface area contributed by atoms with Gasteiger partial charge in [0.05, 0.1) is 0 Å². The second-order valence-corrected chi connectivity index (χ2v) is 13.2. The molecule has 0 aliphatic carbocycles.